The highest BCUT2D eigenvalue weighted by Crippen LogP contribution is 2.15. The van der Waals surface area contributed by atoms with Gasteiger partial charge in [-0.25, -0.2) is 0 Å². The molecule has 2 rings (SSSR count). The zero-order valence-electron chi connectivity index (χ0n) is 9.18. The van der Waals surface area contributed by atoms with Gasteiger partial charge in [-0.3, -0.25) is 4.79 Å². The summed E-state index contributed by atoms with van der Waals surface area (Å²) < 4.78 is 0. The zero-order chi connectivity index (χ0) is 12.1. The fraction of sp³-hybridized carbons (Fsp3) is 0.0667. The van der Waals surface area contributed by atoms with Crippen LogP contribution in [0, 0.1) is 11.3 Å². The summed E-state index contributed by atoms with van der Waals surface area (Å²) in [7, 11) is 0. The molecule has 2 heteroatoms. The summed E-state index contributed by atoms with van der Waals surface area (Å²) in [5.74, 6) is 0. The maximum absolute atomic E-state index is 10.8. The average Bonchev–Trinajstić information content (AvgIpc) is 2.40. The van der Waals surface area contributed by atoms with Crippen molar-refractivity contribution < 1.29 is 4.79 Å². The van der Waals surface area contributed by atoms with E-state index in [4.69, 9.17) is 5.26 Å². The van der Waals surface area contributed by atoms with E-state index < -0.39 is 0 Å². The van der Waals surface area contributed by atoms with Gasteiger partial charge in [0.15, 0.2) is 0 Å². The van der Waals surface area contributed by atoms with Gasteiger partial charge < -0.3 is 0 Å². The summed E-state index contributed by atoms with van der Waals surface area (Å²) in [4.78, 5) is 10.8. The number of nitriles is 1. The monoisotopic (exact) mass is 220 g/mol. The highest BCUT2D eigenvalue weighted by Gasteiger charge is 2.05. The lowest BCUT2D eigenvalue weighted by atomic mass is 9.97. The predicted octanol–water partition coefficient (Wildman–Crippen LogP) is 2.61. The van der Waals surface area contributed by atoms with Crippen LogP contribution in [-0.2, 0) is 11.2 Å². The van der Waals surface area contributed by atoms with Crippen LogP contribution in [0.25, 0.3) is 0 Å². The second-order valence-electron chi connectivity index (χ2n) is 3.70. The summed E-state index contributed by atoms with van der Waals surface area (Å²) in [5, 5.41) is 9.00. The third-order valence-corrected chi connectivity index (χ3v) is 2.65. The van der Waals surface area contributed by atoms with Crippen LogP contribution in [0.4, 0.5) is 0 Å². The molecular formula is C15H10NO. The summed E-state index contributed by atoms with van der Waals surface area (Å²) >= 11 is 0. The molecule has 1 radical (unpaired) electrons. The van der Waals surface area contributed by atoms with Crippen molar-refractivity contribution in [3.63, 3.8) is 0 Å². The highest BCUT2D eigenvalue weighted by molar-refractivity contribution is 5.77. The molecular weight excluding hydrogens is 210 g/mol. The van der Waals surface area contributed by atoms with Crippen LogP contribution in [0.2, 0.25) is 0 Å². The topological polar surface area (TPSA) is 40.9 Å². The van der Waals surface area contributed by atoms with E-state index in [1.54, 1.807) is 18.2 Å². The summed E-state index contributed by atoms with van der Waals surface area (Å²) in [6.45, 7) is 0. The van der Waals surface area contributed by atoms with Gasteiger partial charge in [0.2, 0.25) is 6.29 Å². The molecule has 2 aromatic carbocycles. The maximum atomic E-state index is 10.8. The van der Waals surface area contributed by atoms with Crippen molar-refractivity contribution in [3.8, 4) is 6.07 Å². The lowest BCUT2D eigenvalue weighted by molar-refractivity contribution is 0.562. The quantitative estimate of drug-likeness (QED) is 0.797. The summed E-state index contributed by atoms with van der Waals surface area (Å²) in [6.07, 6.45) is 2.50. The lowest BCUT2D eigenvalue weighted by Crippen LogP contribution is -1.96. The van der Waals surface area contributed by atoms with E-state index in [0.717, 1.165) is 11.1 Å². The third kappa shape index (κ3) is 2.40. The first-order chi connectivity index (χ1) is 8.35. The summed E-state index contributed by atoms with van der Waals surface area (Å²) in [5.41, 5.74) is 3.02. The molecule has 0 fully saturated rings. The van der Waals surface area contributed by atoms with Crippen LogP contribution in [-0.4, -0.2) is 6.29 Å². The van der Waals surface area contributed by atoms with Crippen molar-refractivity contribution in [3.05, 3.63) is 70.8 Å². The van der Waals surface area contributed by atoms with Gasteiger partial charge in [-0.15, -0.1) is 0 Å². The van der Waals surface area contributed by atoms with Crippen LogP contribution >= 0.6 is 0 Å². The molecule has 0 bridgehead atoms. The largest absolute Gasteiger partial charge is 0.285 e. The van der Waals surface area contributed by atoms with Gasteiger partial charge in [-0.2, -0.15) is 5.26 Å². The van der Waals surface area contributed by atoms with Crippen LogP contribution in [0.3, 0.4) is 0 Å². The normalized spacial score (nSPS) is 9.59. The van der Waals surface area contributed by atoms with Crippen LogP contribution in [0.15, 0.2) is 48.5 Å². The average molecular weight is 220 g/mol. The van der Waals surface area contributed by atoms with Crippen LogP contribution in [0.1, 0.15) is 22.3 Å². The molecule has 0 aliphatic carbocycles. The first kappa shape index (κ1) is 11.1. The molecule has 0 atom stereocenters. The molecule has 0 unspecified atom stereocenters. The Balaban J connectivity index is 2.38. The Kier molecular flexibility index (Phi) is 3.32. The van der Waals surface area contributed by atoms with E-state index >= 15 is 0 Å². The fourth-order valence-electron chi connectivity index (χ4n) is 1.76. The van der Waals surface area contributed by atoms with Crippen LogP contribution < -0.4 is 0 Å². The first-order valence-corrected chi connectivity index (χ1v) is 5.29. The van der Waals surface area contributed by atoms with Crippen molar-refractivity contribution in [1.29, 1.82) is 5.26 Å². The van der Waals surface area contributed by atoms with Gasteiger partial charge >= 0.3 is 0 Å². The van der Waals surface area contributed by atoms with E-state index in [-0.39, 0.29) is 0 Å². The molecule has 0 aliphatic heterocycles. The minimum absolute atomic E-state index is 0.556. The second kappa shape index (κ2) is 5.09. The smallest absolute Gasteiger partial charge is 0.233 e. The number of rotatable bonds is 3. The molecule has 0 amide bonds. The predicted molar refractivity (Wildman–Crippen MR) is 65.2 cm³/mol. The molecule has 0 aromatic heterocycles. The number of hydrogen-bond acceptors (Lipinski definition) is 2. The Labute approximate surface area is 100 Å². The summed E-state index contributed by atoms with van der Waals surface area (Å²) in [6, 6.07) is 16.9. The van der Waals surface area contributed by atoms with Crippen molar-refractivity contribution in [1.82, 2.24) is 0 Å². The van der Waals surface area contributed by atoms with Crippen molar-refractivity contribution in [2.75, 3.05) is 0 Å². The van der Waals surface area contributed by atoms with Crippen molar-refractivity contribution >= 4 is 6.29 Å². The maximum Gasteiger partial charge on any atom is 0.233 e. The molecule has 81 valence electrons. The van der Waals surface area contributed by atoms with Crippen molar-refractivity contribution in [2.45, 2.75) is 6.42 Å². The Morgan fingerprint density at radius 3 is 2.00 bits per heavy atom. The van der Waals surface area contributed by atoms with Gasteiger partial charge in [-0.1, -0.05) is 42.5 Å². The molecule has 0 saturated heterocycles. The van der Waals surface area contributed by atoms with E-state index in [2.05, 4.69) is 6.07 Å². The number of benzene rings is 2. The molecule has 0 saturated carbocycles. The second-order valence-corrected chi connectivity index (χ2v) is 3.70. The Morgan fingerprint density at radius 2 is 1.41 bits per heavy atom. The highest BCUT2D eigenvalue weighted by atomic mass is 16.1. The van der Waals surface area contributed by atoms with Gasteiger partial charge in [0.05, 0.1) is 11.6 Å². The van der Waals surface area contributed by atoms with Gasteiger partial charge in [0.25, 0.3) is 0 Å². The first-order valence-electron chi connectivity index (χ1n) is 5.29. The van der Waals surface area contributed by atoms with E-state index in [9.17, 15) is 4.79 Å². The van der Waals surface area contributed by atoms with E-state index in [1.807, 2.05) is 36.6 Å². The lowest BCUT2D eigenvalue weighted by Gasteiger charge is -2.05. The van der Waals surface area contributed by atoms with Gasteiger partial charge in [0.1, 0.15) is 0 Å². The minimum Gasteiger partial charge on any atom is -0.285 e. The minimum atomic E-state index is 0.556. The molecule has 17 heavy (non-hydrogen) atoms. The molecule has 2 nitrogen and oxygen atoms in total. The Bertz CT molecular complexity index is 581. The third-order valence-electron chi connectivity index (χ3n) is 2.65. The Hall–Kier alpha value is -2.40. The number of carbonyl (C=O) groups excluding carboxylic acids is 1. The standard InChI is InChI=1S/C15H10NO/c16-10-14-7-3-1-5-12(14)9-13-6-2-4-8-15(13)11-17/h1-8H,9H2. The Morgan fingerprint density at radius 1 is 0.882 bits per heavy atom. The number of hydrogen-bond donors (Lipinski definition) is 0. The van der Waals surface area contributed by atoms with Gasteiger partial charge in [-0.05, 0) is 23.6 Å². The van der Waals surface area contributed by atoms with Gasteiger partial charge in [0, 0.05) is 5.56 Å². The van der Waals surface area contributed by atoms with Crippen LogP contribution in [0.5, 0.6) is 0 Å². The van der Waals surface area contributed by atoms with Crippen molar-refractivity contribution in [2.24, 2.45) is 0 Å². The molecule has 2 aromatic rings. The van der Waals surface area contributed by atoms with E-state index in [0.29, 0.717) is 17.5 Å². The SMILES string of the molecule is N#Cc1ccccc1Cc1ccccc1[C]=O. The molecule has 0 aliphatic rings. The molecule has 0 heterocycles. The zero-order valence-corrected chi connectivity index (χ0v) is 9.18. The molecule has 0 spiro atoms. The number of nitrogens with zero attached hydrogens (tertiary/aromatic N) is 1. The fourth-order valence-corrected chi connectivity index (χ4v) is 1.76. The van der Waals surface area contributed by atoms with E-state index in [1.165, 1.54) is 0 Å². The molecule has 0 N–H and O–H groups in total.